The van der Waals surface area contributed by atoms with Gasteiger partial charge in [-0.3, -0.25) is 4.79 Å². The van der Waals surface area contributed by atoms with E-state index in [-0.39, 0.29) is 5.91 Å². The van der Waals surface area contributed by atoms with Crippen molar-refractivity contribution in [3.8, 4) is 5.75 Å². The molecule has 1 amide bonds. The summed E-state index contributed by atoms with van der Waals surface area (Å²) in [5.41, 5.74) is 4.28. The molecule has 2 aromatic rings. The highest BCUT2D eigenvalue weighted by Crippen LogP contribution is 2.17. The number of para-hydroxylation sites is 1. The van der Waals surface area contributed by atoms with Gasteiger partial charge in [-0.05, 0) is 62.1 Å². The molecule has 3 heteroatoms. The molecule has 0 heterocycles. The predicted molar refractivity (Wildman–Crippen MR) is 90.5 cm³/mol. The Kier molecular flexibility index (Phi) is 5.59. The minimum atomic E-state index is 0.0263. The number of rotatable bonds is 6. The van der Waals surface area contributed by atoms with E-state index in [1.165, 1.54) is 0 Å². The van der Waals surface area contributed by atoms with Crippen LogP contribution in [0.3, 0.4) is 0 Å². The third-order valence-corrected chi connectivity index (χ3v) is 3.40. The summed E-state index contributed by atoms with van der Waals surface area (Å²) >= 11 is 0. The number of hydrogen-bond donors (Lipinski definition) is 1. The van der Waals surface area contributed by atoms with Gasteiger partial charge in [-0.15, -0.1) is 0 Å². The molecule has 2 rings (SSSR count). The molecule has 0 spiro atoms. The summed E-state index contributed by atoms with van der Waals surface area (Å²) in [5, 5.41) is 2.94. The fourth-order valence-corrected chi connectivity index (χ4v) is 2.40. The Labute approximate surface area is 132 Å². The second-order valence-electron chi connectivity index (χ2n) is 5.64. The van der Waals surface area contributed by atoms with Crippen LogP contribution < -0.4 is 10.1 Å². The van der Waals surface area contributed by atoms with Crippen LogP contribution in [-0.4, -0.2) is 12.5 Å². The average molecular weight is 297 g/mol. The van der Waals surface area contributed by atoms with Gasteiger partial charge in [0.1, 0.15) is 5.75 Å². The van der Waals surface area contributed by atoms with Gasteiger partial charge in [0.2, 0.25) is 5.91 Å². The van der Waals surface area contributed by atoms with E-state index in [0.29, 0.717) is 19.4 Å². The largest absolute Gasteiger partial charge is 0.493 e. The maximum Gasteiger partial charge on any atom is 0.224 e. The topological polar surface area (TPSA) is 38.3 Å². The normalized spacial score (nSPS) is 10.3. The van der Waals surface area contributed by atoms with Crippen molar-refractivity contribution < 1.29 is 9.53 Å². The van der Waals surface area contributed by atoms with Crippen LogP contribution in [0.5, 0.6) is 5.75 Å². The van der Waals surface area contributed by atoms with Gasteiger partial charge in [-0.2, -0.15) is 0 Å². The van der Waals surface area contributed by atoms with E-state index in [1.807, 2.05) is 57.2 Å². The SMILES string of the molecule is Cc1cc(C)cc(NC(=O)CCCOc2ccccc2C)c1. The van der Waals surface area contributed by atoms with Gasteiger partial charge < -0.3 is 10.1 Å². The number of carbonyl (C=O) groups excluding carboxylic acids is 1. The van der Waals surface area contributed by atoms with E-state index in [2.05, 4.69) is 11.4 Å². The minimum absolute atomic E-state index is 0.0263. The van der Waals surface area contributed by atoms with E-state index in [9.17, 15) is 4.79 Å². The van der Waals surface area contributed by atoms with Gasteiger partial charge in [0.05, 0.1) is 6.61 Å². The molecule has 2 aromatic carbocycles. The molecule has 1 N–H and O–H groups in total. The van der Waals surface area contributed by atoms with Crippen LogP contribution in [0, 0.1) is 20.8 Å². The molecule has 3 nitrogen and oxygen atoms in total. The highest BCUT2D eigenvalue weighted by molar-refractivity contribution is 5.90. The zero-order valence-electron chi connectivity index (χ0n) is 13.5. The number of hydrogen-bond acceptors (Lipinski definition) is 2. The molecule has 0 radical (unpaired) electrons. The first kappa shape index (κ1) is 16.1. The third kappa shape index (κ3) is 4.92. The van der Waals surface area contributed by atoms with Crippen molar-refractivity contribution in [3.05, 3.63) is 59.2 Å². The molecule has 0 aliphatic carbocycles. The summed E-state index contributed by atoms with van der Waals surface area (Å²) < 4.78 is 5.70. The van der Waals surface area contributed by atoms with Gasteiger partial charge >= 0.3 is 0 Å². The number of amides is 1. The second-order valence-corrected chi connectivity index (χ2v) is 5.64. The first-order valence-electron chi connectivity index (χ1n) is 7.61. The summed E-state index contributed by atoms with van der Waals surface area (Å²) in [4.78, 5) is 11.9. The predicted octanol–water partition coefficient (Wildman–Crippen LogP) is 4.41. The number of aryl methyl sites for hydroxylation is 3. The van der Waals surface area contributed by atoms with Crippen LogP contribution in [0.15, 0.2) is 42.5 Å². The molecule has 0 saturated heterocycles. The number of carbonyl (C=O) groups is 1. The quantitative estimate of drug-likeness (QED) is 0.802. The maximum atomic E-state index is 11.9. The molecule has 0 bridgehead atoms. The number of anilines is 1. The molecule has 0 aliphatic rings. The lowest BCUT2D eigenvalue weighted by molar-refractivity contribution is -0.116. The molecule has 116 valence electrons. The van der Waals surface area contributed by atoms with Crippen molar-refractivity contribution in [3.63, 3.8) is 0 Å². The van der Waals surface area contributed by atoms with Crippen LogP contribution in [-0.2, 0) is 4.79 Å². The fraction of sp³-hybridized carbons (Fsp3) is 0.316. The Balaban J connectivity index is 1.75. The average Bonchev–Trinajstić information content (AvgIpc) is 2.44. The van der Waals surface area contributed by atoms with Crippen molar-refractivity contribution >= 4 is 11.6 Å². The van der Waals surface area contributed by atoms with Crippen molar-refractivity contribution in [2.24, 2.45) is 0 Å². The number of nitrogens with one attached hydrogen (secondary N) is 1. The Morgan fingerprint density at radius 1 is 1.05 bits per heavy atom. The first-order valence-corrected chi connectivity index (χ1v) is 7.61. The van der Waals surface area contributed by atoms with Crippen molar-refractivity contribution in [2.75, 3.05) is 11.9 Å². The molecule has 0 aliphatic heterocycles. The minimum Gasteiger partial charge on any atom is -0.493 e. The van der Waals surface area contributed by atoms with Gasteiger partial charge in [0.15, 0.2) is 0 Å². The standard InChI is InChI=1S/C19H23NO2/c1-14-11-15(2)13-17(12-14)20-19(21)9-6-10-22-18-8-5-4-7-16(18)3/h4-5,7-8,11-13H,6,9-10H2,1-3H3,(H,20,21). The molecule has 0 aromatic heterocycles. The Hall–Kier alpha value is -2.29. The monoisotopic (exact) mass is 297 g/mol. The third-order valence-electron chi connectivity index (χ3n) is 3.40. The van der Waals surface area contributed by atoms with E-state index in [1.54, 1.807) is 0 Å². The van der Waals surface area contributed by atoms with E-state index in [4.69, 9.17) is 4.74 Å². The van der Waals surface area contributed by atoms with E-state index in [0.717, 1.165) is 28.1 Å². The summed E-state index contributed by atoms with van der Waals surface area (Å²) in [7, 11) is 0. The van der Waals surface area contributed by atoms with Crippen LogP contribution in [0.4, 0.5) is 5.69 Å². The Bertz CT molecular complexity index is 629. The summed E-state index contributed by atoms with van der Waals surface area (Å²) in [6.07, 6.45) is 1.16. The highest BCUT2D eigenvalue weighted by atomic mass is 16.5. The van der Waals surface area contributed by atoms with Gasteiger partial charge in [0, 0.05) is 12.1 Å². The maximum absolute atomic E-state index is 11.9. The summed E-state index contributed by atoms with van der Waals surface area (Å²) in [6, 6.07) is 14.0. The molecule has 0 unspecified atom stereocenters. The zero-order chi connectivity index (χ0) is 15.9. The molecular formula is C19H23NO2. The molecule has 0 saturated carbocycles. The lowest BCUT2D eigenvalue weighted by atomic mass is 10.1. The Morgan fingerprint density at radius 2 is 1.73 bits per heavy atom. The number of benzene rings is 2. The van der Waals surface area contributed by atoms with Crippen molar-refractivity contribution in [1.82, 2.24) is 0 Å². The smallest absolute Gasteiger partial charge is 0.224 e. The van der Waals surface area contributed by atoms with Crippen LogP contribution in [0.25, 0.3) is 0 Å². The second kappa shape index (κ2) is 7.64. The van der Waals surface area contributed by atoms with Crippen molar-refractivity contribution in [1.29, 1.82) is 0 Å². The van der Waals surface area contributed by atoms with Gasteiger partial charge in [-0.25, -0.2) is 0 Å². The Morgan fingerprint density at radius 3 is 2.41 bits per heavy atom. The first-order chi connectivity index (χ1) is 10.5. The van der Waals surface area contributed by atoms with Gasteiger partial charge in [0.25, 0.3) is 0 Å². The molecule has 22 heavy (non-hydrogen) atoms. The van der Waals surface area contributed by atoms with E-state index >= 15 is 0 Å². The van der Waals surface area contributed by atoms with Crippen LogP contribution >= 0.6 is 0 Å². The lowest BCUT2D eigenvalue weighted by Crippen LogP contribution is -2.13. The highest BCUT2D eigenvalue weighted by Gasteiger charge is 2.04. The fourth-order valence-electron chi connectivity index (χ4n) is 2.40. The zero-order valence-corrected chi connectivity index (χ0v) is 13.5. The van der Waals surface area contributed by atoms with Crippen molar-refractivity contribution in [2.45, 2.75) is 33.6 Å². The van der Waals surface area contributed by atoms with Gasteiger partial charge in [-0.1, -0.05) is 24.3 Å². The van der Waals surface area contributed by atoms with Crippen LogP contribution in [0.2, 0.25) is 0 Å². The van der Waals surface area contributed by atoms with E-state index < -0.39 is 0 Å². The molecule has 0 fully saturated rings. The molecule has 0 atom stereocenters. The number of ether oxygens (including phenoxy) is 1. The lowest BCUT2D eigenvalue weighted by Gasteiger charge is -2.09. The summed E-state index contributed by atoms with van der Waals surface area (Å²) in [6.45, 7) is 6.62. The van der Waals surface area contributed by atoms with Crippen LogP contribution in [0.1, 0.15) is 29.5 Å². The summed E-state index contributed by atoms with van der Waals surface area (Å²) in [5.74, 6) is 0.913. The molecular weight excluding hydrogens is 274 g/mol.